The second-order valence-electron chi connectivity index (χ2n) is 5.95. The fourth-order valence-corrected chi connectivity index (χ4v) is 3.11. The topological polar surface area (TPSA) is 73.6 Å². The van der Waals surface area contributed by atoms with E-state index in [9.17, 15) is 13.2 Å². The first-order valence-electron chi connectivity index (χ1n) is 7.01. The number of hydrogen-bond donors (Lipinski definition) is 0. The average molecular weight is 332 g/mol. The average Bonchev–Trinajstić information content (AvgIpc) is 3.06. The Bertz CT molecular complexity index is 885. The van der Waals surface area contributed by atoms with E-state index in [0.717, 1.165) is 6.26 Å². The first-order chi connectivity index (χ1) is 10.7. The van der Waals surface area contributed by atoms with Crippen molar-refractivity contribution in [2.75, 3.05) is 6.26 Å². The van der Waals surface area contributed by atoms with Crippen molar-refractivity contribution in [3.63, 3.8) is 0 Å². The molecule has 0 spiro atoms. The molecule has 6 heteroatoms. The third kappa shape index (κ3) is 2.70. The second kappa shape index (κ2) is 5.09. The van der Waals surface area contributed by atoms with Crippen LogP contribution in [-0.2, 0) is 19.4 Å². The van der Waals surface area contributed by atoms with E-state index in [1.807, 2.05) is 0 Å². The van der Waals surface area contributed by atoms with E-state index in [0.29, 0.717) is 22.5 Å². The Kier molecular flexibility index (Phi) is 3.44. The number of furan rings is 1. The monoisotopic (exact) mass is 332 g/mol. The molecule has 120 valence electrons. The van der Waals surface area contributed by atoms with Crippen molar-refractivity contribution >= 4 is 27.0 Å². The maximum Gasteiger partial charge on any atom is 0.210 e. The van der Waals surface area contributed by atoms with Crippen molar-refractivity contribution in [2.45, 2.75) is 24.3 Å². The fourth-order valence-electron chi connectivity index (χ4n) is 2.48. The number of benzene rings is 1. The van der Waals surface area contributed by atoms with E-state index in [2.05, 4.69) is 0 Å². The number of ketones is 1. The summed E-state index contributed by atoms with van der Waals surface area (Å²) in [6.07, 6.45) is 4.13. The largest absolute Gasteiger partial charge is 0.478 e. The third-order valence-electron chi connectivity index (χ3n) is 3.71. The zero-order valence-electron chi connectivity index (χ0n) is 13.0. The first-order valence-corrected chi connectivity index (χ1v) is 8.90. The van der Waals surface area contributed by atoms with Crippen LogP contribution in [0.3, 0.4) is 0 Å². The number of rotatable bonds is 3. The highest BCUT2D eigenvalue weighted by Gasteiger charge is 2.43. The zero-order valence-corrected chi connectivity index (χ0v) is 13.8. The van der Waals surface area contributed by atoms with Gasteiger partial charge in [-0.1, -0.05) is 0 Å². The molecule has 0 saturated carbocycles. The SMILES string of the molecule is CC1(C)OC(c2ccc(S(C)(=O)=O)cc2)=C(c2ccoc2)C1=O. The van der Waals surface area contributed by atoms with Gasteiger partial charge in [0.05, 0.1) is 23.0 Å². The van der Waals surface area contributed by atoms with Crippen molar-refractivity contribution in [1.29, 1.82) is 0 Å². The van der Waals surface area contributed by atoms with Crippen LogP contribution in [0.2, 0.25) is 0 Å². The van der Waals surface area contributed by atoms with Crippen LogP contribution >= 0.6 is 0 Å². The Labute approximate surface area is 134 Å². The number of carbonyl (C=O) groups excluding carboxylic acids is 1. The molecule has 1 aliphatic rings. The molecule has 0 unspecified atom stereocenters. The number of Topliss-reactive ketones (excluding diaryl/α,β-unsaturated/α-hetero) is 1. The normalized spacial score (nSPS) is 17.4. The Balaban J connectivity index is 2.13. The van der Waals surface area contributed by atoms with Crippen LogP contribution in [-0.4, -0.2) is 26.1 Å². The van der Waals surface area contributed by atoms with Crippen LogP contribution in [0, 0.1) is 0 Å². The molecule has 5 nitrogen and oxygen atoms in total. The van der Waals surface area contributed by atoms with Gasteiger partial charge in [-0.05, 0) is 44.2 Å². The lowest BCUT2D eigenvalue weighted by atomic mass is 9.94. The van der Waals surface area contributed by atoms with E-state index in [1.165, 1.54) is 24.7 Å². The summed E-state index contributed by atoms with van der Waals surface area (Å²) >= 11 is 0. The van der Waals surface area contributed by atoms with Gasteiger partial charge in [-0.15, -0.1) is 0 Å². The Morgan fingerprint density at radius 1 is 1.00 bits per heavy atom. The summed E-state index contributed by atoms with van der Waals surface area (Å²) in [4.78, 5) is 12.8. The lowest BCUT2D eigenvalue weighted by molar-refractivity contribution is -0.125. The maximum absolute atomic E-state index is 12.6. The van der Waals surface area contributed by atoms with Gasteiger partial charge in [-0.3, -0.25) is 4.79 Å². The van der Waals surface area contributed by atoms with Crippen molar-refractivity contribution in [3.8, 4) is 0 Å². The van der Waals surface area contributed by atoms with Gasteiger partial charge in [-0.2, -0.15) is 0 Å². The summed E-state index contributed by atoms with van der Waals surface area (Å²) in [6, 6.07) is 7.98. The van der Waals surface area contributed by atoms with E-state index < -0.39 is 15.4 Å². The Morgan fingerprint density at radius 3 is 2.17 bits per heavy atom. The summed E-state index contributed by atoms with van der Waals surface area (Å²) in [6.45, 7) is 3.40. The quantitative estimate of drug-likeness (QED) is 0.864. The molecule has 0 saturated heterocycles. The molecule has 0 bridgehead atoms. The van der Waals surface area contributed by atoms with Gasteiger partial charge in [-0.25, -0.2) is 8.42 Å². The summed E-state index contributed by atoms with van der Waals surface area (Å²) < 4.78 is 34.0. The lowest BCUT2D eigenvalue weighted by Crippen LogP contribution is -2.29. The van der Waals surface area contributed by atoms with Gasteiger partial charge in [0.25, 0.3) is 0 Å². The predicted octanol–water partition coefficient (Wildman–Crippen LogP) is 2.93. The van der Waals surface area contributed by atoms with Gasteiger partial charge < -0.3 is 9.15 Å². The van der Waals surface area contributed by atoms with Crippen molar-refractivity contribution in [3.05, 3.63) is 54.0 Å². The molecular formula is C17H16O5S. The summed E-state index contributed by atoms with van der Waals surface area (Å²) in [7, 11) is -3.27. The summed E-state index contributed by atoms with van der Waals surface area (Å²) in [5.74, 6) is 0.294. The summed E-state index contributed by atoms with van der Waals surface area (Å²) in [5.41, 5.74) is 0.753. The van der Waals surface area contributed by atoms with E-state index in [-0.39, 0.29) is 10.7 Å². The van der Waals surface area contributed by atoms with Gasteiger partial charge in [0.1, 0.15) is 5.76 Å². The van der Waals surface area contributed by atoms with Gasteiger partial charge in [0, 0.05) is 17.4 Å². The van der Waals surface area contributed by atoms with Crippen LogP contribution < -0.4 is 0 Å². The molecule has 2 heterocycles. The Morgan fingerprint density at radius 2 is 1.65 bits per heavy atom. The fraction of sp³-hybridized carbons (Fsp3) is 0.235. The van der Waals surface area contributed by atoms with Gasteiger partial charge >= 0.3 is 0 Å². The Hall–Kier alpha value is -2.34. The lowest BCUT2D eigenvalue weighted by Gasteiger charge is -2.17. The molecule has 2 aromatic rings. The van der Waals surface area contributed by atoms with Crippen molar-refractivity contribution in [1.82, 2.24) is 0 Å². The molecule has 0 fully saturated rings. The number of ether oxygens (including phenoxy) is 1. The predicted molar refractivity (Wildman–Crippen MR) is 85.2 cm³/mol. The van der Waals surface area contributed by atoms with Crippen molar-refractivity contribution < 1.29 is 22.4 Å². The minimum Gasteiger partial charge on any atom is -0.478 e. The molecule has 0 N–H and O–H groups in total. The molecule has 23 heavy (non-hydrogen) atoms. The molecule has 1 aliphatic heterocycles. The molecule has 0 radical (unpaired) electrons. The van der Waals surface area contributed by atoms with Gasteiger partial charge in [0.2, 0.25) is 5.78 Å². The number of carbonyl (C=O) groups is 1. The highest BCUT2D eigenvalue weighted by molar-refractivity contribution is 7.90. The molecular weight excluding hydrogens is 316 g/mol. The van der Waals surface area contributed by atoms with Crippen LogP contribution in [0.15, 0.2) is 52.2 Å². The van der Waals surface area contributed by atoms with E-state index >= 15 is 0 Å². The third-order valence-corrected chi connectivity index (χ3v) is 4.84. The minimum absolute atomic E-state index is 0.138. The molecule has 3 rings (SSSR count). The molecule has 1 aromatic heterocycles. The number of sulfone groups is 1. The highest BCUT2D eigenvalue weighted by atomic mass is 32.2. The maximum atomic E-state index is 12.6. The van der Waals surface area contributed by atoms with Crippen LogP contribution in [0.5, 0.6) is 0 Å². The standard InChI is InChI=1S/C17H16O5S/c1-17(2)16(18)14(12-8-9-21-10-12)15(22-17)11-4-6-13(7-5-11)23(3,19)20/h4-10H,1-3H3. The molecule has 0 amide bonds. The molecule has 1 aromatic carbocycles. The summed E-state index contributed by atoms with van der Waals surface area (Å²) in [5, 5.41) is 0. The van der Waals surface area contributed by atoms with E-state index in [4.69, 9.17) is 9.15 Å². The molecule has 0 aliphatic carbocycles. The number of hydrogen-bond acceptors (Lipinski definition) is 5. The smallest absolute Gasteiger partial charge is 0.210 e. The molecule has 0 atom stereocenters. The van der Waals surface area contributed by atoms with E-state index in [1.54, 1.807) is 32.0 Å². The van der Waals surface area contributed by atoms with Crippen LogP contribution in [0.25, 0.3) is 11.3 Å². The first kappa shape index (κ1) is 15.6. The van der Waals surface area contributed by atoms with Crippen LogP contribution in [0.1, 0.15) is 25.0 Å². The zero-order chi connectivity index (χ0) is 16.8. The van der Waals surface area contributed by atoms with Gasteiger partial charge in [0.15, 0.2) is 15.4 Å². The van der Waals surface area contributed by atoms with Crippen LogP contribution in [0.4, 0.5) is 0 Å². The minimum atomic E-state index is -3.27. The highest BCUT2D eigenvalue weighted by Crippen LogP contribution is 2.41. The van der Waals surface area contributed by atoms with Crippen molar-refractivity contribution in [2.24, 2.45) is 0 Å². The second-order valence-corrected chi connectivity index (χ2v) is 7.97.